The molecule has 1 aromatic heterocycles. The number of H-pyrrole nitrogens is 1. The summed E-state index contributed by atoms with van der Waals surface area (Å²) >= 11 is 0. The highest BCUT2D eigenvalue weighted by atomic mass is 35.5. The highest BCUT2D eigenvalue weighted by molar-refractivity contribution is 5.85. The third-order valence-corrected chi connectivity index (χ3v) is 4.39. The molecule has 2 aliphatic rings. The summed E-state index contributed by atoms with van der Waals surface area (Å²) in [7, 11) is 0. The molecule has 2 N–H and O–H groups in total. The maximum Gasteiger partial charge on any atom is 0.110 e. The third-order valence-electron chi connectivity index (χ3n) is 4.39. The molecule has 0 bridgehead atoms. The molecule has 0 radical (unpaired) electrons. The van der Waals surface area contributed by atoms with Crippen LogP contribution in [0.3, 0.4) is 0 Å². The SMILES string of the molecule is Cl.c1c[nH]c(C2CCCN(CC3CCNCC3)C2)n1. The van der Waals surface area contributed by atoms with Crippen molar-refractivity contribution >= 4 is 12.4 Å². The molecule has 3 heterocycles. The van der Waals surface area contributed by atoms with E-state index < -0.39 is 0 Å². The van der Waals surface area contributed by atoms with Gasteiger partial charge in [0.1, 0.15) is 5.82 Å². The molecule has 1 aromatic rings. The summed E-state index contributed by atoms with van der Waals surface area (Å²) in [6.07, 6.45) is 9.12. The van der Waals surface area contributed by atoms with Crippen molar-refractivity contribution in [1.82, 2.24) is 20.2 Å². The number of imidazole rings is 1. The summed E-state index contributed by atoms with van der Waals surface area (Å²) in [5, 5.41) is 3.45. The van der Waals surface area contributed by atoms with E-state index in [1.165, 1.54) is 64.2 Å². The van der Waals surface area contributed by atoms with E-state index in [-0.39, 0.29) is 12.4 Å². The van der Waals surface area contributed by atoms with Crippen LogP contribution in [0.1, 0.15) is 37.4 Å². The van der Waals surface area contributed by atoms with E-state index in [0.717, 1.165) is 5.92 Å². The van der Waals surface area contributed by atoms with Crippen LogP contribution < -0.4 is 5.32 Å². The normalized spacial score (nSPS) is 26.0. The molecule has 3 rings (SSSR count). The molecule has 2 aliphatic heterocycles. The van der Waals surface area contributed by atoms with Crippen LogP contribution in [0.15, 0.2) is 12.4 Å². The summed E-state index contributed by atoms with van der Waals surface area (Å²) < 4.78 is 0. The van der Waals surface area contributed by atoms with Crippen molar-refractivity contribution in [2.45, 2.75) is 31.6 Å². The minimum atomic E-state index is 0. The highest BCUT2D eigenvalue weighted by Crippen LogP contribution is 2.25. The van der Waals surface area contributed by atoms with Gasteiger partial charge in [-0.1, -0.05) is 0 Å². The fourth-order valence-corrected chi connectivity index (χ4v) is 3.37. The quantitative estimate of drug-likeness (QED) is 0.892. The topological polar surface area (TPSA) is 44.0 Å². The third kappa shape index (κ3) is 3.94. The predicted molar refractivity (Wildman–Crippen MR) is 79.8 cm³/mol. The van der Waals surface area contributed by atoms with E-state index in [9.17, 15) is 0 Å². The van der Waals surface area contributed by atoms with Crippen molar-refractivity contribution in [2.24, 2.45) is 5.92 Å². The molecule has 2 fully saturated rings. The Morgan fingerprint density at radius 3 is 2.84 bits per heavy atom. The predicted octanol–water partition coefficient (Wildman–Crippen LogP) is 2.01. The fourth-order valence-electron chi connectivity index (χ4n) is 3.37. The maximum atomic E-state index is 4.43. The molecule has 19 heavy (non-hydrogen) atoms. The number of halogens is 1. The van der Waals surface area contributed by atoms with Crippen molar-refractivity contribution < 1.29 is 0 Å². The zero-order valence-electron chi connectivity index (χ0n) is 11.5. The number of hydrogen-bond acceptors (Lipinski definition) is 3. The van der Waals surface area contributed by atoms with Gasteiger partial charge >= 0.3 is 0 Å². The van der Waals surface area contributed by atoms with E-state index in [4.69, 9.17) is 0 Å². The Kier molecular flexibility index (Phi) is 5.67. The number of likely N-dealkylation sites (tertiary alicyclic amines) is 1. The van der Waals surface area contributed by atoms with Crippen LogP contribution in [0, 0.1) is 5.92 Å². The summed E-state index contributed by atoms with van der Waals surface area (Å²) in [6.45, 7) is 6.18. The van der Waals surface area contributed by atoms with E-state index >= 15 is 0 Å². The first-order chi connectivity index (χ1) is 8.92. The van der Waals surface area contributed by atoms with Gasteiger partial charge in [0, 0.05) is 31.4 Å². The van der Waals surface area contributed by atoms with Crippen LogP contribution in [0.5, 0.6) is 0 Å². The highest BCUT2D eigenvalue weighted by Gasteiger charge is 2.25. The van der Waals surface area contributed by atoms with Gasteiger partial charge in [0.2, 0.25) is 0 Å². The second-order valence-corrected chi connectivity index (χ2v) is 5.77. The van der Waals surface area contributed by atoms with Crippen LogP contribution in [0.4, 0.5) is 0 Å². The van der Waals surface area contributed by atoms with Crippen molar-refractivity contribution in [3.8, 4) is 0 Å². The molecule has 4 nitrogen and oxygen atoms in total. The van der Waals surface area contributed by atoms with E-state index in [2.05, 4.69) is 20.2 Å². The molecule has 0 amide bonds. The molecule has 5 heteroatoms. The zero-order valence-corrected chi connectivity index (χ0v) is 12.3. The fraction of sp³-hybridized carbons (Fsp3) is 0.786. The number of nitrogens with one attached hydrogen (secondary N) is 2. The largest absolute Gasteiger partial charge is 0.348 e. The van der Waals surface area contributed by atoms with Crippen LogP contribution in [-0.2, 0) is 0 Å². The first-order valence-electron chi connectivity index (χ1n) is 7.34. The first kappa shape index (κ1) is 14.8. The van der Waals surface area contributed by atoms with Gasteiger partial charge < -0.3 is 15.2 Å². The van der Waals surface area contributed by atoms with E-state index in [1.807, 2.05) is 12.4 Å². The molecule has 0 aliphatic carbocycles. The minimum Gasteiger partial charge on any atom is -0.348 e. The van der Waals surface area contributed by atoms with Gasteiger partial charge in [-0.2, -0.15) is 0 Å². The van der Waals surface area contributed by atoms with Gasteiger partial charge in [0.25, 0.3) is 0 Å². The van der Waals surface area contributed by atoms with Gasteiger partial charge in [-0.05, 0) is 51.2 Å². The maximum absolute atomic E-state index is 4.43. The number of aromatic nitrogens is 2. The van der Waals surface area contributed by atoms with Gasteiger partial charge in [-0.25, -0.2) is 4.98 Å². The van der Waals surface area contributed by atoms with Gasteiger partial charge in [0.15, 0.2) is 0 Å². The van der Waals surface area contributed by atoms with Crippen molar-refractivity contribution in [3.05, 3.63) is 18.2 Å². The smallest absolute Gasteiger partial charge is 0.110 e. The number of aromatic amines is 1. The Hall–Kier alpha value is -0.580. The number of piperidine rings is 2. The average molecular weight is 285 g/mol. The molecule has 0 saturated carbocycles. The molecule has 0 aromatic carbocycles. The first-order valence-corrected chi connectivity index (χ1v) is 7.34. The summed E-state index contributed by atoms with van der Waals surface area (Å²) in [6, 6.07) is 0. The Morgan fingerprint density at radius 1 is 1.26 bits per heavy atom. The van der Waals surface area contributed by atoms with Crippen LogP contribution >= 0.6 is 12.4 Å². The second-order valence-electron chi connectivity index (χ2n) is 5.77. The Balaban J connectivity index is 0.00000133. The van der Waals surface area contributed by atoms with Crippen molar-refractivity contribution in [3.63, 3.8) is 0 Å². The molecule has 1 unspecified atom stereocenters. The number of hydrogen-bond donors (Lipinski definition) is 2. The Labute approximate surface area is 121 Å². The zero-order chi connectivity index (χ0) is 12.2. The summed E-state index contributed by atoms with van der Waals surface area (Å²) in [5.41, 5.74) is 0. The Bertz CT molecular complexity index is 348. The molecule has 1 atom stereocenters. The Morgan fingerprint density at radius 2 is 2.11 bits per heavy atom. The summed E-state index contributed by atoms with van der Waals surface area (Å²) in [5.74, 6) is 2.71. The second kappa shape index (κ2) is 7.27. The van der Waals surface area contributed by atoms with Crippen LogP contribution in [0.2, 0.25) is 0 Å². The van der Waals surface area contributed by atoms with Gasteiger partial charge in [-0.3, -0.25) is 0 Å². The lowest BCUT2D eigenvalue weighted by atomic mass is 9.93. The van der Waals surface area contributed by atoms with Crippen molar-refractivity contribution in [2.75, 3.05) is 32.7 Å². The number of rotatable bonds is 3. The molecular weight excluding hydrogens is 260 g/mol. The molecule has 0 spiro atoms. The lowest BCUT2D eigenvalue weighted by Gasteiger charge is -2.35. The number of nitrogens with zero attached hydrogens (tertiary/aromatic N) is 2. The van der Waals surface area contributed by atoms with Crippen molar-refractivity contribution in [1.29, 1.82) is 0 Å². The molecular formula is C14H25ClN4. The minimum absolute atomic E-state index is 0. The lowest BCUT2D eigenvalue weighted by molar-refractivity contribution is 0.161. The summed E-state index contributed by atoms with van der Waals surface area (Å²) in [4.78, 5) is 10.4. The molecule has 108 valence electrons. The monoisotopic (exact) mass is 284 g/mol. The van der Waals surface area contributed by atoms with Gasteiger partial charge in [-0.15, -0.1) is 12.4 Å². The van der Waals surface area contributed by atoms with E-state index in [0.29, 0.717) is 5.92 Å². The lowest BCUT2D eigenvalue weighted by Crippen LogP contribution is -2.40. The average Bonchev–Trinajstić information content (AvgIpc) is 2.94. The van der Waals surface area contributed by atoms with Gasteiger partial charge in [0.05, 0.1) is 0 Å². The van der Waals surface area contributed by atoms with Crippen LogP contribution in [0.25, 0.3) is 0 Å². The standard InChI is InChI=1S/C14H24N4.ClH/c1-2-13(14-16-7-8-17-14)11-18(9-1)10-12-3-5-15-6-4-12;/h7-8,12-13,15H,1-6,9-11H2,(H,16,17);1H. The van der Waals surface area contributed by atoms with Crippen LogP contribution in [-0.4, -0.2) is 47.6 Å². The molecule has 2 saturated heterocycles. The van der Waals surface area contributed by atoms with E-state index in [1.54, 1.807) is 0 Å².